The summed E-state index contributed by atoms with van der Waals surface area (Å²) in [6, 6.07) is 0. The van der Waals surface area contributed by atoms with Crippen molar-refractivity contribution in [1.82, 2.24) is 0 Å². The lowest BCUT2D eigenvalue weighted by Crippen LogP contribution is -2.34. The third-order valence-electron chi connectivity index (χ3n) is 7.23. The van der Waals surface area contributed by atoms with Gasteiger partial charge in [0.2, 0.25) is 0 Å². The molecule has 11 heteroatoms. The van der Waals surface area contributed by atoms with Crippen molar-refractivity contribution in [2.45, 2.75) is 105 Å². The molecule has 1 fully saturated rings. The van der Waals surface area contributed by atoms with E-state index in [4.69, 9.17) is 28.4 Å². The number of esters is 3. The molecular formula is C34H56O11. The second-order valence-electron chi connectivity index (χ2n) is 13.0. The summed E-state index contributed by atoms with van der Waals surface area (Å²) < 4.78 is 38.8. The molecule has 1 N–H and O–H groups in total. The van der Waals surface area contributed by atoms with Crippen molar-refractivity contribution in [1.29, 1.82) is 0 Å². The van der Waals surface area contributed by atoms with Crippen LogP contribution in [0.5, 0.6) is 0 Å². The predicted molar refractivity (Wildman–Crippen MR) is 169 cm³/mol. The third kappa shape index (κ3) is 17.1. The minimum atomic E-state index is -0.951. The van der Waals surface area contributed by atoms with Crippen LogP contribution in [0.25, 0.3) is 0 Å². The first kappa shape index (κ1) is 40.5. The highest BCUT2D eigenvalue weighted by Gasteiger charge is 2.30. The van der Waals surface area contributed by atoms with E-state index >= 15 is 0 Å². The zero-order chi connectivity index (χ0) is 34.0. The Bertz CT molecular complexity index is 987. The van der Waals surface area contributed by atoms with Gasteiger partial charge in [-0.1, -0.05) is 38.2 Å². The maximum atomic E-state index is 12.7. The van der Waals surface area contributed by atoms with Crippen LogP contribution in [0.1, 0.15) is 80.6 Å². The Labute approximate surface area is 269 Å². The topological polar surface area (TPSA) is 136 Å². The molecule has 0 aromatic rings. The van der Waals surface area contributed by atoms with E-state index in [2.05, 4.69) is 4.74 Å². The first-order valence-electron chi connectivity index (χ1n) is 15.5. The van der Waals surface area contributed by atoms with Gasteiger partial charge in [0.25, 0.3) is 0 Å². The SMILES string of the molecule is COCO[C@H](/C=C/C=C/C(C)(C)C(O)CC(=O)OC)[C@@H](COC(=O)C(C)(C)C)CC(/C=C(\C)COC1CCCCO1)OC(C)=O. The van der Waals surface area contributed by atoms with Gasteiger partial charge in [-0.05, 0) is 65.0 Å². The lowest BCUT2D eigenvalue weighted by Gasteiger charge is -2.29. The fourth-order valence-electron chi connectivity index (χ4n) is 4.38. The van der Waals surface area contributed by atoms with Crippen LogP contribution >= 0.6 is 0 Å². The molecule has 0 aromatic carbocycles. The highest BCUT2D eigenvalue weighted by Crippen LogP contribution is 2.26. The van der Waals surface area contributed by atoms with E-state index < -0.39 is 47.0 Å². The standard InChI is InChI=1S/C34H56O11/c1-24(21-42-31-15-11-13-17-41-31)18-27(45-25(2)35)19-26(22-43-32(38)33(3,4)5)28(44-23-39-8)14-10-12-16-34(6,7)29(36)20-30(37)40-9/h10,12,14,16,18,26-29,31,36H,11,13,15,17,19-23H2,1-9H3/b14-10+,16-12+,24-18+/t26-,27?,28-,29?,31?/m1/s1. The van der Waals surface area contributed by atoms with E-state index in [1.165, 1.54) is 21.1 Å². The van der Waals surface area contributed by atoms with Crippen LogP contribution in [-0.4, -0.2) is 88.4 Å². The van der Waals surface area contributed by atoms with Gasteiger partial charge in [-0.2, -0.15) is 0 Å². The van der Waals surface area contributed by atoms with Crippen molar-refractivity contribution < 1.29 is 52.6 Å². The molecule has 45 heavy (non-hydrogen) atoms. The van der Waals surface area contributed by atoms with Crippen LogP contribution in [0.3, 0.4) is 0 Å². The van der Waals surface area contributed by atoms with E-state index in [1.54, 1.807) is 58.9 Å². The van der Waals surface area contributed by atoms with Gasteiger partial charge >= 0.3 is 17.9 Å². The zero-order valence-corrected chi connectivity index (χ0v) is 28.7. The van der Waals surface area contributed by atoms with Crippen molar-refractivity contribution in [3.05, 3.63) is 36.0 Å². The van der Waals surface area contributed by atoms with Gasteiger partial charge in [0.15, 0.2) is 6.29 Å². The predicted octanol–water partition coefficient (Wildman–Crippen LogP) is 5.05. The quantitative estimate of drug-likeness (QED) is 0.0668. The zero-order valence-electron chi connectivity index (χ0n) is 28.7. The number of carbonyl (C=O) groups excluding carboxylic acids is 3. The minimum absolute atomic E-state index is 0.00105. The minimum Gasteiger partial charge on any atom is -0.469 e. The molecule has 0 amide bonds. The molecule has 0 radical (unpaired) electrons. The number of aliphatic hydroxyl groups is 1. The number of methoxy groups -OCH3 is 2. The van der Waals surface area contributed by atoms with Crippen LogP contribution in [0, 0.1) is 16.7 Å². The summed E-state index contributed by atoms with van der Waals surface area (Å²) in [6.45, 7) is 13.1. The van der Waals surface area contributed by atoms with Crippen molar-refractivity contribution in [2.24, 2.45) is 16.7 Å². The number of hydrogen-bond acceptors (Lipinski definition) is 11. The summed E-state index contributed by atoms with van der Waals surface area (Å²) >= 11 is 0. The number of rotatable bonds is 19. The normalized spacial score (nSPS) is 19.2. The van der Waals surface area contributed by atoms with Crippen molar-refractivity contribution in [2.75, 3.05) is 40.8 Å². The van der Waals surface area contributed by atoms with Crippen LogP contribution in [0.2, 0.25) is 0 Å². The highest BCUT2D eigenvalue weighted by atomic mass is 16.7. The average molecular weight is 641 g/mol. The lowest BCUT2D eigenvalue weighted by molar-refractivity contribution is -0.159. The number of ether oxygens (including phenoxy) is 7. The molecule has 0 aromatic heterocycles. The average Bonchev–Trinajstić information content (AvgIpc) is 2.97. The Kier molecular flexibility index (Phi) is 18.5. The molecule has 0 spiro atoms. The van der Waals surface area contributed by atoms with Gasteiger partial charge in [0, 0.05) is 32.0 Å². The molecule has 0 bridgehead atoms. The molecule has 1 saturated heterocycles. The van der Waals surface area contributed by atoms with Crippen LogP contribution in [-0.2, 0) is 47.5 Å². The van der Waals surface area contributed by atoms with Gasteiger partial charge in [0.1, 0.15) is 12.9 Å². The molecule has 3 unspecified atom stereocenters. The van der Waals surface area contributed by atoms with Crippen LogP contribution < -0.4 is 0 Å². The first-order chi connectivity index (χ1) is 21.1. The van der Waals surface area contributed by atoms with E-state index in [9.17, 15) is 19.5 Å². The Morgan fingerprint density at radius 2 is 1.76 bits per heavy atom. The molecule has 1 aliphatic heterocycles. The van der Waals surface area contributed by atoms with E-state index in [1.807, 2.05) is 13.0 Å². The number of carbonyl (C=O) groups is 3. The van der Waals surface area contributed by atoms with Crippen molar-refractivity contribution in [3.8, 4) is 0 Å². The Balaban J connectivity index is 3.24. The smallest absolute Gasteiger partial charge is 0.311 e. The third-order valence-corrected chi connectivity index (χ3v) is 7.23. The highest BCUT2D eigenvalue weighted by molar-refractivity contribution is 5.75. The Morgan fingerprint density at radius 1 is 1.04 bits per heavy atom. The van der Waals surface area contributed by atoms with Gasteiger partial charge in [-0.3, -0.25) is 14.4 Å². The fraction of sp³-hybridized carbons (Fsp3) is 0.735. The monoisotopic (exact) mass is 640 g/mol. The molecule has 0 aliphatic carbocycles. The molecule has 1 aliphatic rings. The fourth-order valence-corrected chi connectivity index (χ4v) is 4.38. The Morgan fingerprint density at radius 3 is 2.33 bits per heavy atom. The maximum Gasteiger partial charge on any atom is 0.311 e. The van der Waals surface area contributed by atoms with E-state index in [0.717, 1.165) is 24.8 Å². The van der Waals surface area contributed by atoms with Gasteiger partial charge < -0.3 is 38.3 Å². The summed E-state index contributed by atoms with van der Waals surface area (Å²) in [5.74, 6) is -1.77. The summed E-state index contributed by atoms with van der Waals surface area (Å²) in [5, 5.41) is 10.5. The molecule has 11 nitrogen and oxygen atoms in total. The molecule has 1 rings (SSSR count). The molecular weight excluding hydrogens is 584 g/mol. The molecule has 258 valence electrons. The van der Waals surface area contributed by atoms with Crippen molar-refractivity contribution >= 4 is 17.9 Å². The first-order valence-corrected chi connectivity index (χ1v) is 15.5. The second kappa shape index (κ2) is 20.5. The largest absolute Gasteiger partial charge is 0.469 e. The van der Waals surface area contributed by atoms with E-state index in [0.29, 0.717) is 13.2 Å². The van der Waals surface area contributed by atoms with Gasteiger partial charge in [-0.25, -0.2) is 0 Å². The van der Waals surface area contributed by atoms with E-state index in [-0.39, 0.29) is 38.5 Å². The molecule has 5 atom stereocenters. The summed E-state index contributed by atoms with van der Waals surface area (Å²) in [5.41, 5.74) is -0.579. The summed E-state index contributed by atoms with van der Waals surface area (Å²) in [6.07, 6.45) is 9.50. The number of hydrogen-bond donors (Lipinski definition) is 1. The Hall–Kier alpha value is -2.57. The lowest BCUT2D eigenvalue weighted by atomic mass is 9.84. The molecule has 1 heterocycles. The number of aliphatic hydroxyl groups excluding tert-OH is 1. The van der Waals surface area contributed by atoms with Crippen molar-refractivity contribution in [3.63, 3.8) is 0 Å². The van der Waals surface area contributed by atoms with Crippen LogP contribution in [0.15, 0.2) is 36.0 Å². The maximum absolute atomic E-state index is 12.7. The second-order valence-corrected chi connectivity index (χ2v) is 13.0. The number of allylic oxidation sites excluding steroid dienone is 2. The molecule has 0 saturated carbocycles. The summed E-state index contributed by atoms with van der Waals surface area (Å²) in [4.78, 5) is 36.4. The van der Waals surface area contributed by atoms with Crippen LogP contribution in [0.4, 0.5) is 0 Å². The van der Waals surface area contributed by atoms with Gasteiger partial charge in [-0.15, -0.1) is 0 Å². The summed E-state index contributed by atoms with van der Waals surface area (Å²) in [7, 11) is 2.78. The van der Waals surface area contributed by atoms with Gasteiger partial charge in [0.05, 0.1) is 44.4 Å².